The number of fused-ring (bicyclic) bond motifs is 1. The number of allylic oxidation sites excluding steroid dienone is 1. The van der Waals surface area contributed by atoms with E-state index < -0.39 is 23.9 Å². The van der Waals surface area contributed by atoms with E-state index in [2.05, 4.69) is 20.7 Å². The lowest BCUT2D eigenvalue weighted by Crippen LogP contribution is -2.31. The average Bonchev–Trinajstić information content (AvgIpc) is 3.23. The highest BCUT2D eigenvalue weighted by atomic mass is 19.4. The number of methoxy groups -OCH3 is 2. The van der Waals surface area contributed by atoms with Crippen LogP contribution in [-0.4, -0.2) is 34.9 Å². The SMILES string of the molecule is COc1ccc([C@@H]2C(C(=O)Nc3ccc(C)cc3C)=C(C)Nc3nc(C(F)(F)F)nn32)cc1OC. The first kappa shape index (κ1) is 24.1. The molecule has 3 aromatic rings. The summed E-state index contributed by atoms with van der Waals surface area (Å²) in [6.07, 6.45) is -4.76. The van der Waals surface area contributed by atoms with Gasteiger partial charge in [0.05, 0.1) is 19.8 Å². The molecule has 1 atom stereocenters. The molecule has 0 bridgehead atoms. The maximum atomic E-state index is 13.5. The van der Waals surface area contributed by atoms with Crippen molar-refractivity contribution in [2.75, 3.05) is 24.9 Å². The van der Waals surface area contributed by atoms with Gasteiger partial charge in [-0.25, -0.2) is 4.68 Å². The molecule has 1 aromatic heterocycles. The number of nitrogens with one attached hydrogen (secondary N) is 2. The fourth-order valence-corrected chi connectivity index (χ4v) is 4.04. The summed E-state index contributed by atoms with van der Waals surface area (Å²) in [6.45, 7) is 5.41. The van der Waals surface area contributed by atoms with Crippen LogP contribution in [0.1, 0.15) is 35.5 Å². The van der Waals surface area contributed by atoms with E-state index in [4.69, 9.17) is 9.47 Å². The number of rotatable bonds is 5. The van der Waals surface area contributed by atoms with Crippen molar-refractivity contribution in [3.63, 3.8) is 0 Å². The van der Waals surface area contributed by atoms with Crippen LogP contribution in [0.3, 0.4) is 0 Å². The second kappa shape index (κ2) is 8.97. The van der Waals surface area contributed by atoms with Gasteiger partial charge in [-0.3, -0.25) is 4.79 Å². The van der Waals surface area contributed by atoms with Crippen molar-refractivity contribution in [3.8, 4) is 11.5 Å². The lowest BCUT2D eigenvalue weighted by Gasteiger charge is -2.29. The number of halogens is 3. The van der Waals surface area contributed by atoms with Crippen LogP contribution >= 0.6 is 0 Å². The van der Waals surface area contributed by atoms with Crippen LogP contribution < -0.4 is 20.1 Å². The highest BCUT2D eigenvalue weighted by Crippen LogP contribution is 2.40. The number of anilines is 2. The third kappa shape index (κ3) is 4.53. The third-order valence-electron chi connectivity index (χ3n) is 5.70. The molecule has 4 rings (SSSR count). The minimum Gasteiger partial charge on any atom is -0.493 e. The van der Waals surface area contributed by atoms with Gasteiger partial charge in [0.2, 0.25) is 5.95 Å². The largest absolute Gasteiger partial charge is 0.493 e. The Morgan fingerprint density at radius 1 is 1.06 bits per heavy atom. The summed E-state index contributed by atoms with van der Waals surface area (Å²) in [5.41, 5.74) is 3.47. The van der Waals surface area contributed by atoms with Gasteiger partial charge in [0.1, 0.15) is 6.04 Å². The monoisotopic (exact) mass is 487 g/mol. The Morgan fingerprint density at radius 3 is 2.40 bits per heavy atom. The number of hydrogen-bond donors (Lipinski definition) is 2. The summed E-state index contributed by atoms with van der Waals surface area (Å²) in [6, 6.07) is 9.42. The summed E-state index contributed by atoms with van der Waals surface area (Å²) in [5, 5.41) is 9.39. The van der Waals surface area contributed by atoms with E-state index in [-0.39, 0.29) is 11.5 Å². The Bertz CT molecular complexity index is 1330. The van der Waals surface area contributed by atoms with Crippen molar-refractivity contribution < 1.29 is 27.4 Å². The van der Waals surface area contributed by atoms with Gasteiger partial charge in [-0.15, -0.1) is 5.10 Å². The maximum absolute atomic E-state index is 13.5. The van der Waals surface area contributed by atoms with Crippen molar-refractivity contribution in [2.24, 2.45) is 0 Å². The van der Waals surface area contributed by atoms with Crippen LogP contribution in [0.2, 0.25) is 0 Å². The normalized spacial score (nSPS) is 15.4. The third-order valence-corrected chi connectivity index (χ3v) is 5.70. The summed E-state index contributed by atoms with van der Waals surface area (Å²) < 4.78 is 52.1. The highest BCUT2D eigenvalue weighted by Gasteiger charge is 2.41. The van der Waals surface area contributed by atoms with Crippen molar-refractivity contribution in [1.29, 1.82) is 0 Å². The van der Waals surface area contributed by atoms with Crippen LogP contribution in [-0.2, 0) is 11.0 Å². The maximum Gasteiger partial charge on any atom is 0.453 e. The number of hydrogen-bond acceptors (Lipinski definition) is 6. The van der Waals surface area contributed by atoms with E-state index in [1.807, 2.05) is 26.0 Å². The smallest absolute Gasteiger partial charge is 0.453 e. The molecule has 11 heteroatoms. The van der Waals surface area contributed by atoms with Gasteiger partial charge in [0, 0.05) is 11.4 Å². The van der Waals surface area contributed by atoms with Crippen molar-refractivity contribution in [2.45, 2.75) is 33.0 Å². The number of nitrogens with zero attached hydrogens (tertiary/aromatic N) is 3. The minimum atomic E-state index is -4.76. The molecule has 1 aliphatic heterocycles. The van der Waals surface area contributed by atoms with Gasteiger partial charge in [0.15, 0.2) is 11.5 Å². The molecule has 0 spiro atoms. The number of carbonyl (C=O) groups excluding carboxylic acids is 1. The van der Waals surface area contributed by atoms with E-state index in [1.54, 1.807) is 31.2 Å². The molecule has 8 nitrogen and oxygen atoms in total. The van der Waals surface area contributed by atoms with Crippen LogP contribution in [0.15, 0.2) is 47.7 Å². The number of aromatic nitrogens is 3. The molecular formula is C24H24F3N5O3. The fraction of sp³-hybridized carbons (Fsp3) is 0.292. The molecule has 0 saturated heterocycles. The molecule has 1 aliphatic rings. The quantitative estimate of drug-likeness (QED) is 0.534. The average molecular weight is 487 g/mol. The lowest BCUT2D eigenvalue weighted by atomic mass is 9.94. The zero-order valence-electron chi connectivity index (χ0n) is 19.7. The van der Waals surface area contributed by atoms with Crippen LogP contribution in [0.5, 0.6) is 11.5 Å². The van der Waals surface area contributed by atoms with Crippen molar-refractivity contribution >= 4 is 17.5 Å². The number of aryl methyl sites for hydroxylation is 2. The van der Waals surface area contributed by atoms with Crippen molar-refractivity contribution in [1.82, 2.24) is 14.8 Å². The molecule has 184 valence electrons. The van der Waals surface area contributed by atoms with E-state index in [0.29, 0.717) is 28.4 Å². The number of ether oxygens (including phenoxy) is 2. The van der Waals surface area contributed by atoms with Crippen LogP contribution in [0.25, 0.3) is 0 Å². The number of amides is 1. The molecule has 0 aliphatic carbocycles. The van der Waals surface area contributed by atoms with E-state index >= 15 is 0 Å². The molecule has 1 amide bonds. The van der Waals surface area contributed by atoms with Gasteiger partial charge >= 0.3 is 6.18 Å². The van der Waals surface area contributed by atoms with Gasteiger partial charge in [-0.2, -0.15) is 18.2 Å². The highest BCUT2D eigenvalue weighted by molar-refractivity contribution is 6.06. The van der Waals surface area contributed by atoms with Crippen LogP contribution in [0, 0.1) is 13.8 Å². The Morgan fingerprint density at radius 2 is 1.77 bits per heavy atom. The molecule has 2 N–H and O–H groups in total. The molecule has 35 heavy (non-hydrogen) atoms. The zero-order chi connectivity index (χ0) is 25.5. The summed E-state index contributed by atoms with van der Waals surface area (Å²) in [5.74, 6) is -1.14. The van der Waals surface area contributed by atoms with E-state index in [0.717, 1.165) is 15.8 Å². The van der Waals surface area contributed by atoms with E-state index in [9.17, 15) is 18.0 Å². The van der Waals surface area contributed by atoms with Gasteiger partial charge < -0.3 is 20.1 Å². The topological polar surface area (TPSA) is 90.3 Å². The first-order chi connectivity index (χ1) is 16.5. The van der Waals surface area contributed by atoms with Crippen LogP contribution in [0.4, 0.5) is 24.8 Å². The van der Waals surface area contributed by atoms with Crippen molar-refractivity contribution in [3.05, 3.63) is 70.2 Å². The number of carbonyl (C=O) groups is 1. The minimum absolute atomic E-state index is 0.127. The Hall–Kier alpha value is -4.02. The summed E-state index contributed by atoms with van der Waals surface area (Å²) >= 11 is 0. The van der Waals surface area contributed by atoms with Gasteiger partial charge in [-0.1, -0.05) is 23.8 Å². The number of alkyl halides is 3. The molecule has 0 fully saturated rings. The summed E-state index contributed by atoms with van der Waals surface area (Å²) in [4.78, 5) is 17.2. The fourth-order valence-electron chi connectivity index (χ4n) is 4.04. The Labute approximate surface area is 199 Å². The second-order valence-electron chi connectivity index (χ2n) is 8.15. The van der Waals surface area contributed by atoms with Gasteiger partial charge in [-0.05, 0) is 50.1 Å². The summed E-state index contributed by atoms with van der Waals surface area (Å²) in [7, 11) is 2.92. The first-order valence-corrected chi connectivity index (χ1v) is 10.7. The Kier molecular flexibility index (Phi) is 6.18. The molecule has 0 saturated carbocycles. The molecule has 2 heterocycles. The Balaban J connectivity index is 1.85. The molecule has 0 radical (unpaired) electrons. The first-order valence-electron chi connectivity index (χ1n) is 10.7. The lowest BCUT2D eigenvalue weighted by molar-refractivity contribution is -0.145. The molecule has 0 unspecified atom stereocenters. The van der Waals surface area contributed by atoms with Gasteiger partial charge in [0.25, 0.3) is 11.7 Å². The molecular weight excluding hydrogens is 463 g/mol. The molecule has 2 aromatic carbocycles. The second-order valence-corrected chi connectivity index (χ2v) is 8.15. The standard InChI is InChI=1S/C24H24F3N5O3/c1-12-6-8-16(13(2)10-12)29-21(33)19-14(3)28-23-30-22(24(25,26)27)31-32(23)20(19)15-7-9-17(34-4)18(11-15)35-5/h6-11,20H,1-5H3,(H,29,33)(H,28,30,31)/t20-/m1/s1. The predicted molar refractivity (Wildman–Crippen MR) is 124 cm³/mol. The number of benzene rings is 2. The zero-order valence-corrected chi connectivity index (χ0v) is 19.7. The van der Waals surface area contributed by atoms with E-state index in [1.165, 1.54) is 14.2 Å². The predicted octanol–water partition coefficient (Wildman–Crippen LogP) is 4.86.